The maximum atomic E-state index is 6.30. The molecule has 0 bridgehead atoms. The minimum absolute atomic E-state index is 0. The van der Waals surface area contributed by atoms with E-state index in [1.807, 2.05) is 0 Å². The molecule has 0 aromatic rings. The van der Waals surface area contributed by atoms with E-state index in [9.17, 15) is 0 Å². The lowest BCUT2D eigenvalue weighted by atomic mass is 10.4. The summed E-state index contributed by atoms with van der Waals surface area (Å²) in [6.07, 6.45) is 0. The Bertz CT molecular complexity index is 222. The van der Waals surface area contributed by atoms with E-state index in [1.54, 1.807) is 0 Å². The van der Waals surface area contributed by atoms with E-state index in [0.29, 0.717) is 0 Å². The molecule has 0 aromatic carbocycles. The van der Waals surface area contributed by atoms with Gasteiger partial charge in [-0.1, -0.05) is 0 Å². The first kappa shape index (κ1) is 13.0. The molecule has 0 amide bonds. The standard InChI is InChI=1S/C9H16ClN2O2.ClH/c10-9(11-1-5-13-6-2-11)12-3-7-14-8-4-12;/h1-8H2;1H/q+1;/p-1. The molecule has 0 unspecified atom stereocenters. The molecule has 2 heterocycles. The van der Waals surface area contributed by atoms with Crippen molar-refractivity contribution in [1.82, 2.24) is 4.90 Å². The quantitative estimate of drug-likeness (QED) is 0.261. The molecule has 0 saturated carbocycles. The third-order valence-electron chi connectivity index (χ3n) is 2.54. The van der Waals surface area contributed by atoms with Crippen LogP contribution >= 0.6 is 11.6 Å². The normalized spacial score (nSPS) is 22.2. The molecule has 2 fully saturated rings. The number of hydrogen-bond donors (Lipinski definition) is 0. The van der Waals surface area contributed by atoms with Gasteiger partial charge in [-0.2, -0.15) is 0 Å². The Hall–Kier alpha value is -0.0300. The maximum Gasteiger partial charge on any atom is 0.345 e. The Labute approximate surface area is 101 Å². The Balaban J connectivity index is 0.00000112. The Morgan fingerprint density at radius 3 is 2.13 bits per heavy atom. The van der Waals surface area contributed by atoms with E-state index in [0.717, 1.165) is 57.9 Å². The van der Waals surface area contributed by atoms with Gasteiger partial charge in [-0.05, 0) is 0 Å². The summed E-state index contributed by atoms with van der Waals surface area (Å²) in [5.74, 6) is 0. The van der Waals surface area contributed by atoms with Gasteiger partial charge in [-0.25, -0.2) is 9.48 Å². The summed E-state index contributed by atoms with van der Waals surface area (Å²) in [5, 5.41) is 0.858. The third kappa shape index (κ3) is 3.48. The fourth-order valence-electron chi connectivity index (χ4n) is 1.70. The summed E-state index contributed by atoms with van der Waals surface area (Å²) in [4.78, 5) is 2.18. The van der Waals surface area contributed by atoms with E-state index in [2.05, 4.69) is 9.48 Å². The molecule has 0 N–H and O–H groups in total. The highest BCUT2D eigenvalue weighted by molar-refractivity contribution is 6.63. The number of ether oxygens (including phenoxy) is 2. The number of nitrogens with zero attached hydrogens (tertiary/aromatic N) is 2. The molecule has 2 aliphatic heterocycles. The number of hydrogen-bond acceptors (Lipinski definition) is 2. The van der Waals surface area contributed by atoms with Gasteiger partial charge in [0.25, 0.3) is 0 Å². The van der Waals surface area contributed by atoms with Crippen LogP contribution in [0.5, 0.6) is 0 Å². The van der Waals surface area contributed by atoms with Crippen molar-refractivity contribution in [3.05, 3.63) is 0 Å². The molecule has 15 heavy (non-hydrogen) atoms. The lowest BCUT2D eigenvalue weighted by Gasteiger charge is -2.24. The fraction of sp³-hybridized carbons (Fsp3) is 0.889. The van der Waals surface area contributed by atoms with Gasteiger partial charge in [0.05, 0.1) is 26.4 Å². The van der Waals surface area contributed by atoms with E-state index in [1.165, 1.54) is 0 Å². The van der Waals surface area contributed by atoms with Gasteiger partial charge in [0.1, 0.15) is 26.2 Å². The minimum Gasteiger partial charge on any atom is -1.00 e. The van der Waals surface area contributed by atoms with Crippen LogP contribution in [0.1, 0.15) is 0 Å². The first-order chi connectivity index (χ1) is 6.88. The van der Waals surface area contributed by atoms with Crippen LogP contribution in [0.25, 0.3) is 0 Å². The van der Waals surface area contributed by atoms with E-state index in [-0.39, 0.29) is 12.4 Å². The summed E-state index contributed by atoms with van der Waals surface area (Å²) < 4.78 is 12.7. The van der Waals surface area contributed by atoms with Gasteiger partial charge in [0, 0.05) is 11.6 Å². The molecule has 88 valence electrons. The van der Waals surface area contributed by atoms with Gasteiger partial charge >= 0.3 is 5.29 Å². The Morgan fingerprint density at radius 1 is 1.00 bits per heavy atom. The summed E-state index contributed by atoms with van der Waals surface area (Å²) in [6, 6.07) is 0. The molecular weight excluding hydrogens is 239 g/mol. The van der Waals surface area contributed by atoms with Crippen LogP contribution in [0.4, 0.5) is 0 Å². The van der Waals surface area contributed by atoms with Crippen LogP contribution < -0.4 is 12.4 Å². The monoisotopic (exact) mass is 254 g/mol. The van der Waals surface area contributed by atoms with Crippen molar-refractivity contribution >= 4 is 16.9 Å². The van der Waals surface area contributed by atoms with Crippen LogP contribution in [0.15, 0.2) is 0 Å². The molecule has 2 rings (SSSR count). The SMILES string of the molecule is ClC(N1CCOCC1)=[N+]1CCOCC1.[Cl-]. The second-order valence-electron chi connectivity index (χ2n) is 3.47. The molecule has 0 radical (unpaired) electrons. The van der Waals surface area contributed by atoms with Crippen molar-refractivity contribution in [1.29, 1.82) is 0 Å². The number of halogens is 2. The summed E-state index contributed by atoms with van der Waals surface area (Å²) in [6.45, 7) is 6.71. The Kier molecular flexibility index (Phi) is 5.68. The molecule has 0 spiro atoms. The first-order valence-corrected chi connectivity index (χ1v) is 5.43. The smallest absolute Gasteiger partial charge is 0.345 e. The van der Waals surface area contributed by atoms with Gasteiger partial charge in [-0.15, -0.1) is 0 Å². The van der Waals surface area contributed by atoms with E-state index < -0.39 is 0 Å². The van der Waals surface area contributed by atoms with E-state index >= 15 is 0 Å². The van der Waals surface area contributed by atoms with Gasteiger partial charge < -0.3 is 21.9 Å². The molecule has 0 aromatic heterocycles. The predicted molar refractivity (Wildman–Crippen MR) is 54.1 cm³/mol. The molecule has 2 aliphatic rings. The van der Waals surface area contributed by atoms with Crippen molar-refractivity contribution in [2.45, 2.75) is 0 Å². The summed E-state index contributed by atoms with van der Waals surface area (Å²) >= 11 is 6.30. The second-order valence-corrected chi connectivity index (χ2v) is 3.81. The largest absolute Gasteiger partial charge is 1.00 e. The van der Waals surface area contributed by atoms with Crippen LogP contribution in [0.3, 0.4) is 0 Å². The molecule has 4 nitrogen and oxygen atoms in total. The third-order valence-corrected chi connectivity index (χ3v) is 3.02. The predicted octanol–water partition coefficient (Wildman–Crippen LogP) is -3.04. The number of amidine groups is 1. The highest BCUT2D eigenvalue weighted by Gasteiger charge is 2.24. The zero-order valence-electron chi connectivity index (χ0n) is 8.62. The molecule has 2 saturated heterocycles. The van der Waals surface area contributed by atoms with Crippen LogP contribution in [0.2, 0.25) is 0 Å². The number of morpholine rings is 2. The Morgan fingerprint density at radius 2 is 1.53 bits per heavy atom. The average molecular weight is 255 g/mol. The van der Waals surface area contributed by atoms with E-state index in [4.69, 9.17) is 21.1 Å². The zero-order chi connectivity index (χ0) is 9.80. The number of rotatable bonds is 0. The minimum atomic E-state index is 0. The average Bonchev–Trinajstić information content (AvgIpc) is 2.30. The van der Waals surface area contributed by atoms with Gasteiger partial charge in [0.2, 0.25) is 0 Å². The lowest BCUT2D eigenvalue weighted by Crippen LogP contribution is -3.00. The van der Waals surface area contributed by atoms with Crippen molar-refractivity contribution in [3.63, 3.8) is 0 Å². The highest BCUT2D eigenvalue weighted by atomic mass is 35.5. The van der Waals surface area contributed by atoms with Crippen LogP contribution in [0, 0.1) is 0 Å². The van der Waals surface area contributed by atoms with Crippen molar-refractivity contribution in [2.75, 3.05) is 52.6 Å². The topological polar surface area (TPSA) is 24.7 Å². The second kappa shape index (κ2) is 6.53. The van der Waals surface area contributed by atoms with Crippen LogP contribution in [-0.2, 0) is 9.47 Å². The first-order valence-electron chi connectivity index (χ1n) is 5.06. The molecule has 6 heteroatoms. The van der Waals surface area contributed by atoms with Gasteiger partial charge in [0.15, 0.2) is 0 Å². The lowest BCUT2D eigenvalue weighted by molar-refractivity contribution is -0.551. The van der Waals surface area contributed by atoms with Crippen molar-refractivity contribution in [2.24, 2.45) is 0 Å². The fourth-order valence-corrected chi connectivity index (χ4v) is 2.03. The van der Waals surface area contributed by atoms with Crippen molar-refractivity contribution < 1.29 is 26.5 Å². The molecule has 0 aliphatic carbocycles. The zero-order valence-corrected chi connectivity index (χ0v) is 10.1. The summed E-state index contributed by atoms with van der Waals surface area (Å²) in [7, 11) is 0. The van der Waals surface area contributed by atoms with Gasteiger partial charge in [-0.3, -0.25) is 0 Å². The molecular formula is C9H16Cl2N2O2. The molecule has 0 atom stereocenters. The van der Waals surface area contributed by atoms with Crippen LogP contribution in [-0.4, -0.2) is 67.4 Å². The highest BCUT2D eigenvalue weighted by Crippen LogP contribution is 2.03. The summed E-state index contributed by atoms with van der Waals surface area (Å²) in [5.41, 5.74) is 0. The van der Waals surface area contributed by atoms with Crippen molar-refractivity contribution in [3.8, 4) is 0 Å². The maximum absolute atomic E-state index is 6.30.